The van der Waals surface area contributed by atoms with E-state index in [0.29, 0.717) is 5.69 Å². The molecule has 7 heteroatoms. The third kappa shape index (κ3) is 3.42. The number of para-hydroxylation sites is 3. The summed E-state index contributed by atoms with van der Waals surface area (Å²) in [6.45, 7) is 0. The molecule has 0 aliphatic carbocycles. The largest absolute Gasteiger partial charge is 0.341 e. The van der Waals surface area contributed by atoms with Crippen LogP contribution in [0, 0.1) is 0 Å². The van der Waals surface area contributed by atoms with E-state index in [9.17, 15) is 4.79 Å². The van der Waals surface area contributed by atoms with Gasteiger partial charge in [-0.2, -0.15) is 16.9 Å². The van der Waals surface area contributed by atoms with E-state index in [0.717, 1.165) is 39.9 Å². The van der Waals surface area contributed by atoms with Gasteiger partial charge in [-0.25, -0.2) is 4.98 Å². The number of amides is 1. The summed E-state index contributed by atoms with van der Waals surface area (Å²) < 4.78 is 1.74. The Morgan fingerprint density at radius 1 is 1.22 bits per heavy atom. The minimum atomic E-state index is -0.196. The minimum absolute atomic E-state index is 0.182. The zero-order chi connectivity index (χ0) is 18.8. The summed E-state index contributed by atoms with van der Waals surface area (Å²) in [5, 5.41) is 8.41. The van der Waals surface area contributed by atoms with E-state index < -0.39 is 0 Å². The third-order valence-electron chi connectivity index (χ3n) is 4.63. The Bertz CT molecular complexity index is 1070. The molecular formula is C20H21N5OS. The quantitative estimate of drug-likeness (QED) is 0.536. The van der Waals surface area contributed by atoms with E-state index in [4.69, 9.17) is 0 Å². The number of carbonyl (C=O) groups excluding carboxylic acids is 1. The molecule has 0 fully saturated rings. The van der Waals surface area contributed by atoms with Crippen molar-refractivity contribution in [1.29, 1.82) is 0 Å². The fourth-order valence-electron chi connectivity index (χ4n) is 3.26. The van der Waals surface area contributed by atoms with Gasteiger partial charge in [0.05, 0.1) is 22.6 Å². The van der Waals surface area contributed by atoms with E-state index in [1.807, 2.05) is 55.6 Å². The maximum absolute atomic E-state index is 13.0. The first-order chi connectivity index (χ1) is 13.2. The normalized spacial score (nSPS) is 12.5. The molecule has 2 aromatic heterocycles. The highest BCUT2D eigenvalue weighted by Crippen LogP contribution is 2.22. The fourth-order valence-corrected chi connectivity index (χ4v) is 3.73. The molecule has 0 spiro atoms. The Hall–Kier alpha value is -2.80. The number of H-pyrrole nitrogens is 1. The molecule has 0 unspecified atom stereocenters. The minimum Gasteiger partial charge on any atom is -0.341 e. The summed E-state index contributed by atoms with van der Waals surface area (Å²) in [4.78, 5) is 21.0. The number of nitrogens with zero attached hydrogens (tertiary/aromatic N) is 3. The molecule has 2 heterocycles. The van der Waals surface area contributed by atoms with Crippen molar-refractivity contribution in [2.75, 3.05) is 12.0 Å². The standard InChI is InChI=1S/C20H21N5OS/c1-25-17-10-6-3-7-13(17)18(24-25)20(26)23-16(11-12-27-2)19-21-14-8-4-5-9-15(14)22-19/h3-10,16H,11-12H2,1-2H3,(H,21,22)(H,23,26)/t16-/m0/s1. The first-order valence-corrected chi connectivity index (χ1v) is 10.2. The van der Waals surface area contributed by atoms with Crippen LogP contribution in [0.4, 0.5) is 0 Å². The zero-order valence-corrected chi connectivity index (χ0v) is 16.1. The Labute approximate surface area is 161 Å². The van der Waals surface area contributed by atoms with Gasteiger partial charge < -0.3 is 10.3 Å². The van der Waals surface area contributed by atoms with Gasteiger partial charge in [0.25, 0.3) is 5.91 Å². The number of thioether (sulfide) groups is 1. The Kier molecular flexibility index (Phi) is 4.85. The molecule has 0 aliphatic heterocycles. The summed E-state index contributed by atoms with van der Waals surface area (Å²) in [7, 11) is 1.85. The number of imidazole rings is 1. The van der Waals surface area contributed by atoms with Crippen molar-refractivity contribution in [3.8, 4) is 0 Å². The number of fused-ring (bicyclic) bond motifs is 2. The lowest BCUT2D eigenvalue weighted by molar-refractivity contribution is 0.0930. The van der Waals surface area contributed by atoms with Gasteiger partial charge >= 0.3 is 0 Å². The molecule has 4 aromatic rings. The van der Waals surface area contributed by atoms with Crippen LogP contribution in [-0.4, -0.2) is 37.7 Å². The number of nitrogens with one attached hydrogen (secondary N) is 2. The molecule has 0 aliphatic rings. The molecule has 0 saturated carbocycles. The molecule has 0 bridgehead atoms. The van der Waals surface area contributed by atoms with Crippen LogP contribution >= 0.6 is 11.8 Å². The number of aryl methyl sites for hydroxylation is 1. The predicted octanol–water partition coefficient (Wildman–Crippen LogP) is 3.67. The van der Waals surface area contributed by atoms with Crippen LogP contribution in [-0.2, 0) is 7.05 Å². The van der Waals surface area contributed by atoms with E-state index in [1.165, 1.54) is 0 Å². The van der Waals surface area contributed by atoms with Crippen LogP contribution in [0.1, 0.15) is 28.8 Å². The van der Waals surface area contributed by atoms with E-state index in [1.54, 1.807) is 16.4 Å². The van der Waals surface area contributed by atoms with Gasteiger partial charge in [0.15, 0.2) is 5.69 Å². The fraction of sp³-hybridized carbons (Fsp3) is 0.250. The van der Waals surface area contributed by atoms with Crippen molar-refractivity contribution in [1.82, 2.24) is 25.1 Å². The smallest absolute Gasteiger partial charge is 0.273 e. The number of aromatic amines is 1. The highest BCUT2D eigenvalue weighted by molar-refractivity contribution is 7.98. The van der Waals surface area contributed by atoms with E-state index in [-0.39, 0.29) is 11.9 Å². The first kappa shape index (κ1) is 17.6. The van der Waals surface area contributed by atoms with Gasteiger partial charge in [-0.05, 0) is 36.6 Å². The number of carbonyl (C=O) groups is 1. The summed E-state index contributed by atoms with van der Waals surface area (Å²) in [6, 6.07) is 15.5. The average molecular weight is 379 g/mol. The van der Waals surface area contributed by atoms with Gasteiger partial charge in [0.1, 0.15) is 5.82 Å². The number of rotatable bonds is 6. The first-order valence-electron chi connectivity index (χ1n) is 8.83. The Balaban J connectivity index is 1.65. The molecule has 0 radical (unpaired) electrons. The zero-order valence-electron chi connectivity index (χ0n) is 15.3. The third-order valence-corrected chi connectivity index (χ3v) is 5.27. The highest BCUT2D eigenvalue weighted by atomic mass is 32.2. The molecule has 2 aromatic carbocycles. The van der Waals surface area contributed by atoms with Gasteiger partial charge in [0.2, 0.25) is 0 Å². The lowest BCUT2D eigenvalue weighted by Crippen LogP contribution is -2.30. The Morgan fingerprint density at radius 2 is 2.00 bits per heavy atom. The second kappa shape index (κ2) is 7.44. The average Bonchev–Trinajstić information content (AvgIpc) is 3.27. The molecule has 27 heavy (non-hydrogen) atoms. The number of aromatic nitrogens is 4. The van der Waals surface area contributed by atoms with Crippen molar-refractivity contribution < 1.29 is 4.79 Å². The van der Waals surface area contributed by atoms with Gasteiger partial charge in [0, 0.05) is 12.4 Å². The summed E-state index contributed by atoms with van der Waals surface area (Å²) >= 11 is 1.75. The molecule has 1 atom stereocenters. The second-order valence-electron chi connectivity index (χ2n) is 6.44. The van der Waals surface area contributed by atoms with Crippen molar-refractivity contribution in [3.63, 3.8) is 0 Å². The van der Waals surface area contributed by atoms with Crippen molar-refractivity contribution in [2.24, 2.45) is 7.05 Å². The molecule has 4 rings (SSSR count). The summed E-state index contributed by atoms with van der Waals surface area (Å²) in [5.74, 6) is 1.52. The lowest BCUT2D eigenvalue weighted by Gasteiger charge is -2.15. The maximum Gasteiger partial charge on any atom is 0.273 e. The highest BCUT2D eigenvalue weighted by Gasteiger charge is 2.22. The molecule has 1 amide bonds. The van der Waals surface area contributed by atoms with Gasteiger partial charge in [-0.15, -0.1) is 0 Å². The topological polar surface area (TPSA) is 75.6 Å². The summed E-state index contributed by atoms with van der Waals surface area (Å²) in [5.41, 5.74) is 3.25. The molecule has 2 N–H and O–H groups in total. The van der Waals surface area contributed by atoms with E-state index in [2.05, 4.69) is 26.6 Å². The van der Waals surface area contributed by atoms with Crippen molar-refractivity contribution in [2.45, 2.75) is 12.5 Å². The number of benzene rings is 2. The van der Waals surface area contributed by atoms with Crippen molar-refractivity contribution in [3.05, 3.63) is 60.0 Å². The predicted molar refractivity (Wildman–Crippen MR) is 110 cm³/mol. The van der Waals surface area contributed by atoms with Crippen LogP contribution in [0.15, 0.2) is 48.5 Å². The SMILES string of the molecule is CSCC[C@H](NC(=O)c1nn(C)c2ccccc12)c1nc2ccccc2[nH]1. The monoisotopic (exact) mass is 379 g/mol. The van der Waals surface area contributed by atoms with Gasteiger partial charge in [-0.3, -0.25) is 9.48 Å². The van der Waals surface area contributed by atoms with Crippen LogP contribution < -0.4 is 5.32 Å². The number of hydrogen-bond donors (Lipinski definition) is 2. The molecule has 0 saturated heterocycles. The van der Waals surface area contributed by atoms with Crippen LogP contribution in [0.2, 0.25) is 0 Å². The van der Waals surface area contributed by atoms with Crippen LogP contribution in [0.25, 0.3) is 21.9 Å². The summed E-state index contributed by atoms with van der Waals surface area (Å²) in [6.07, 6.45) is 2.85. The second-order valence-corrected chi connectivity index (χ2v) is 7.42. The van der Waals surface area contributed by atoms with E-state index >= 15 is 0 Å². The molecule has 138 valence electrons. The van der Waals surface area contributed by atoms with Crippen molar-refractivity contribution >= 4 is 39.6 Å². The van der Waals surface area contributed by atoms with Crippen LogP contribution in [0.3, 0.4) is 0 Å². The molecular weight excluding hydrogens is 358 g/mol. The lowest BCUT2D eigenvalue weighted by atomic mass is 10.1. The van der Waals surface area contributed by atoms with Crippen LogP contribution in [0.5, 0.6) is 0 Å². The van der Waals surface area contributed by atoms with Gasteiger partial charge in [-0.1, -0.05) is 30.3 Å². The maximum atomic E-state index is 13.0. The Morgan fingerprint density at radius 3 is 2.81 bits per heavy atom. The molecule has 6 nitrogen and oxygen atoms in total. The number of hydrogen-bond acceptors (Lipinski definition) is 4.